The lowest BCUT2D eigenvalue weighted by molar-refractivity contribution is 0.0696. The van der Waals surface area contributed by atoms with E-state index in [4.69, 9.17) is 14.6 Å². The monoisotopic (exact) mass is 330 g/mol. The molecular formula is C14H19BrO4. The van der Waals surface area contributed by atoms with E-state index in [1.54, 1.807) is 0 Å². The normalized spacial score (nSPS) is 12.0. The van der Waals surface area contributed by atoms with Crippen LogP contribution in [0.4, 0.5) is 0 Å². The molecule has 0 spiro atoms. The van der Waals surface area contributed by atoms with Gasteiger partial charge in [0.05, 0.1) is 22.7 Å². The molecule has 0 aliphatic rings. The van der Waals surface area contributed by atoms with Crippen LogP contribution in [-0.2, 0) is 0 Å². The van der Waals surface area contributed by atoms with E-state index >= 15 is 0 Å². The number of rotatable bonds is 7. The van der Waals surface area contributed by atoms with E-state index in [1.165, 1.54) is 12.1 Å². The Kier molecular flexibility index (Phi) is 6.15. The molecule has 0 bridgehead atoms. The second-order valence-electron chi connectivity index (χ2n) is 4.24. The highest BCUT2D eigenvalue weighted by molar-refractivity contribution is 9.10. The zero-order chi connectivity index (χ0) is 14.4. The Balaban J connectivity index is 3.10. The molecule has 1 unspecified atom stereocenters. The first-order valence-corrected chi connectivity index (χ1v) is 7.15. The van der Waals surface area contributed by atoms with E-state index in [0.717, 1.165) is 12.8 Å². The van der Waals surface area contributed by atoms with Crippen LogP contribution in [0, 0.1) is 0 Å². The van der Waals surface area contributed by atoms with Gasteiger partial charge in [-0.2, -0.15) is 0 Å². The van der Waals surface area contributed by atoms with Gasteiger partial charge in [0.1, 0.15) is 0 Å². The summed E-state index contributed by atoms with van der Waals surface area (Å²) in [5.74, 6) is 0.0276. The average molecular weight is 331 g/mol. The highest BCUT2D eigenvalue weighted by Gasteiger charge is 2.17. The van der Waals surface area contributed by atoms with Gasteiger partial charge >= 0.3 is 5.97 Å². The van der Waals surface area contributed by atoms with Crippen LogP contribution in [0.1, 0.15) is 44.0 Å². The van der Waals surface area contributed by atoms with Crippen LogP contribution in [0.25, 0.3) is 0 Å². The number of halogens is 1. The number of hydrogen-bond acceptors (Lipinski definition) is 3. The minimum absolute atomic E-state index is 0.0520. The van der Waals surface area contributed by atoms with Gasteiger partial charge in [-0.1, -0.05) is 13.3 Å². The molecule has 0 saturated heterocycles. The summed E-state index contributed by atoms with van der Waals surface area (Å²) >= 11 is 3.35. The first-order chi connectivity index (χ1) is 8.99. The summed E-state index contributed by atoms with van der Waals surface area (Å²) in [6, 6.07) is 3.02. The Bertz CT molecular complexity index is 445. The summed E-state index contributed by atoms with van der Waals surface area (Å²) < 4.78 is 11.9. The topological polar surface area (TPSA) is 55.8 Å². The van der Waals surface area contributed by atoms with Gasteiger partial charge < -0.3 is 14.6 Å². The fourth-order valence-electron chi connectivity index (χ4n) is 1.74. The summed E-state index contributed by atoms with van der Waals surface area (Å²) in [7, 11) is 0. The first kappa shape index (κ1) is 15.8. The standard InChI is InChI=1S/C14H19BrO4/c1-4-6-9(3)19-13-11(15)7-10(14(16)17)8-12(13)18-5-2/h7-9H,4-6H2,1-3H3,(H,16,17). The quantitative estimate of drug-likeness (QED) is 0.817. The molecule has 0 heterocycles. The molecule has 1 N–H and O–H groups in total. The minimum Gasteiger partial charge on any atom is -0.490 e. The summed E-state index contributed by atoms with van der Waals surface area (Å²) in [4.78, 5) is 11.0. The van der Waals surface area contributed by atoms with Crippen molar-refractivity contribution in [1.82, 2.24) is 0 Å². The van der Waals surface area contributed by atoms with E-state index < -0.39 is 5.97 Å². The maximum atomic E-state index is 11.0. The van der Waals surface area contributed by atoms with Crippen LogP contribution in [-0.4, -0.2) is 23.8 Å². The van der Waals surface area contributed by atoms with Crippen LogP contribution in [0.3, 0.4) is 0 Å². The predicted octanol–water partition coefficient (Wildman–Crippen LogP) is 4.11. The minimum atomic E-state index is -0.991. The van der Waals surface area contributed by atoms with Crippen LogP contribution < -0.4 is 9.47 Å². The molecule has 0 aromatic heterocycles. The van der Waals surface area contributed by atoms with E-state index in [0.29, 0.717) is 22.6 Å². The van der Waals surface area contributed by atoms with Gasteiger partial charge in [0.25, 0.3) is 0 Å². The molecule has 1 aromatic rings. The molecule has 19 heavy (non-hydrogen) atoms. The summed E-state index contributed by atoms with van der Waals surface area (Å²) in [6.07, 6.45) is 2.01. The number of carboxylic acid groups (broad SMARTS) is 1. The lowest BCUT2D eigenvalue weighted by atomic mass is 10.2. The maximum Gasteiger partial charge on any atom is 0.335 e. The highest BCUT2D eigenvalue weighted by atomic mass is 79.9. The lowest BCUT2D eigenvalue weighted by Crippen LogP contribution is -2.13. The Morgan fingerprint density at radius 1 is 1.42 bits per heavy atom. The first-order valence-electron chi connectivity index (χ1n) is 6.35. The molecule has 0 radical (unpaired) electrons. The second kappa shape index (κ2) is 7.38. The fraction of sp³-hybridized carbons (Fsp3) is 0.500. The molecular weight excluding hydrogens is 312 g/mol. The maximum absolute atomic E-state index is 11.0. The Labute approximate surface area is 121 Å². The molecule has 1 aromatic carbocycles. The van der Waals surface area contributed by atoms with Crippen molar-refractivity contribution < 1.29 is 19.4 Å². The van der Waals surface area contributed by atoms with Crippen molar-refractivity contribution in [3.8, 4) is 11.5 Å². The number of hydrogen-bond donors (Lipinski definition) is 1. The van der Waals surface area contributed by atoms with Crippen molar-refractivity contribution in [2.24, 2.45) is 0 Å². The summed E-state index contributed by atoms with van der Waals surface area (Å²) in [6.45, 7) is 6.37. The summed E-state index contributed by atoms with van der Waals surface area (Å²) in [5, 5.41) is 9.04. The molecule has 106 valence electrons. The number of aromatic carboxylic acids is 1. The number of carbonyl (C=O) groups is 1. The van der Waals surface area contributed by atoms with E-state index in [9.17, 15) is 4.79 Å². The predicted molar refractivity (Wildman–Crippen MR) is 77.3 cm³/mol. The molecule has 0 saturated carbocycles. The fourth-order valence-corrected chi connectivity index (χ4v) is 2.27. The molecule has 0 fully saturated rings. The van der Waals surface area contributed by atoms with Crippen molar-refractivity contribution in [2.45, 2.75) is 39.7 Å². The molecule has 0 amide bonds. The zero-order valence-corrected chi connectivity index (χ0v) is 13.0. The number of benzene rings is 1. The van der Waals surface area contributed by atoms with Gasteiger partial charge in [0, 0.05) is 0 Å². The van der Waals surface area contributed by atoms with Crippen molar-refractivity contribution in [1.29, 1.82) is 0 Å². The van der Waals surface area contributed by atoms with E-state index in [1.807, 2.05) is 13.8 Å². The number of carboxylic acids is 1. The van der Waals surface area contributed by atoms with Crippen molar-refractivity contribution in [2.75, 3.05) is 6.61 Å². The van der Waals surface area contributed by atoms with Gasteiger partial charge in [-0.25, -0.2) is 4.79 Å². The Hall–Kier alpha value is -1.23. The van der Waals surface area contributed by atoms with Crippen LogP contribution in [0.15, 0.2) is 16.6 Å². The molecule has 4 nitrogen and oxygen atoms in total. The average Bonchev–Trinajstić information content (AvgIpc) is 2.33. The second-order valence-corrected chi connectivity index (χ2v) is 5.09. The van der Waals surface area contributed by atoms with Crippen molar-refractivity contribution >= 4 is 21.9 Å². The molecule has 0 aliphatic carbocycles. The molecule has 5 heteroatoms. The smallest absolute Gasteiger partial charge is 0.335 e. The van der Waals surface area contributed by atoms with E-state index in [2.05, 4.69) is 22.9 Å². The van der Waals surface area contributed by atoms with Crippen LogP contribution in [0.5, 0.6) is 11.5 Å². The van der Waals surface area contributed by atoms with Crippen molar-refractivity contribution in [3.05, 3.63) is 22.2 Å². The third kappa shape index (κ3) is 4.42. The third-order valence-corrected chi connectivity index (χ3v) is 3.16. The van der Waals surface area contributed by atoms with Gasteiger partial charge in [-0.05, 0) is 48.3 Å². The third-order valence-electron chi connectivity index (χ3n) is 2.57. The Morgan fingerprint density at radius 3 is 2.63 bits per heavy atom. The largest absolute Gasteiger partial charge is 0.490 e. The van der Waals surface area contributed by atoms with Crippen LogP contribution in [0.2, 0.25) is 0 Å². The van der Waals surface area contributed by atoms with Crippen LogP contribution >= 0.6 is 15.9 Å². The van der Waals surface area contributed by atoms with Gasteiger partial charge in [-0.15, -0.1) is 0 Å². The van der Waals surface area contributed by atoms with Gasteiger partial charge in [0.15, 0.2) is 11.5 Å². The molecule has 1 atom stereocenters. The zero-order valence-electron chi connectivity index (χ0n) is 11.4. The van der Waals surface area contributed by atoms with E-state index in [-0.39, 0.29) is 11.7 Å². The molecule has 1 rings (SSSR count). The molecule has 0 aliphatic heterocycles. The van der Waals surface area contributed by atoms with Crippen molar-refractivity contribution in [3.63, 3.8) is 0 Å². The van der Waals surface area contributed by atoms with Gasteiger partial charge in [-0.3, -0.25) is 0 Å². The van der Waals surface area contributed by atoms with Gasteiger partial charge in [0.2, 0.25) is 0 Å². The Morgan fingerprint density at radius 2 is 2.11 bits per heavy atom. The lowest BCUT2D eigenvalue weighted by Gasteiger charge is -2.18. The number of ether oxygens (including phenoxy) is 2. The SMILES string of the molecule is CCCC(C)Oc1c(Br)cc(C(=O)O)cc1OCC. The highest BCUT2D eigenvalue weighted by Crippen LogP contribution is 2.38. The summed E-state index contributed by atoms with van der Waals surface area (Å²) in [5.41, 5.74) is 0.172.